The Morgan fingerprint density at radius 3 is 1.70 bits per heavy atom. The lowest BCUT2D eigenvalue weighted by atomic mass is 9.91. The SMILES string of the molecule is CC(CCCCCCCCCCC(=O)Cl)C(C)C(=O)Cl. The van der Waals surface area contributed by atoms with Gasteiger partial charge in [-0.3, -0.25) is 9.59 Å². The molecule has 0 fully saturated rings. The van der Waals surface area contributed by atoms with Gasteiger partial charge in [0.15, 0.2) is 0 Å². The van der Waals surface area contributed by atoms with E-state index in [2.05, 4.69) is 6.92 Å². The van der Waals surface area contributed by atoms with Crippen LogP contribution in [-0.4, -0.2) is 10.5 Å². The van der Waals surface area contributed by atoms with Crippen LogP contribution in [0.4, 0.5) is 0 Å². The van der Waals surface area contributed by atoms with E-state index in [0.29, 0.717) is 12.3 Å². The molecule has 0 radical (unpaired) electrons. The van der Waals surface area contributed by atoms with E-state index in [9.17, 15) is 9.59 Å². The maximum absolute atomic E-state index is 11.0. The Kier molecular flexibility index (Phi) is 12.6. The third kappa shape index (κ3) is 11.7. The first-order chi connectivity index (χ1) is 9.45. The fraction of sp³-hybridized carbons (Fsp3) is 0.875. The van der Waals surface area contributed by atoms with Crippen LogP contribution in [0.3, 0.4) is 0 Å². The van der Waals surface area contributed by atoms with Crippen LogP contribution in [0.15, 0.2) is 0 Å². The van der Waals surface area contributed by atoms with Crippen molar-refractivity contribution >= 4 is 33.7 Å². The molecular weight excluding hydrogens is 295 g/mol. The van der Waals surface area contributed by atoms with Gasteiger partial charge in [-0.2, -0.15) is 0 Å². The lowest BCUT2D eigenvalue weighted by molar-refractivity contribution is -0.116. The van der Waals surface area contributed by atoms with Gasteiger partial charge in [-0.05, 0) is 42.0 Å². The van der Waals surface area contributed by atoms with Gasteiger partial charge < -0.3 is 0 Å². The molecule has 0 aromatic carbocycles. The molecule has 0 heterocycles. The highest BCUT2D eigenvalue weighted by Crippen LogP contribution is 2.21. The Morgan fingerprint density at radius 2 is 1.25 bits per heavy atom. The molecule has 0 saturated heterocycles. The molecule has 0 aromatic heterocycles. The smallest absolute Gasteiger partial charge is 0.224 e. The van der Waals surface area contributed by atoms with Crippen molar-refractivity contribution in [3.8, 4) is 0 Å². The number of hydrogen-bond acceptors (Lipinski definition) is 2. The van der Waals surface area contributed by atoms with E-state index >= 15 is 0 Å². The zero-order valence-corrected chi connectivity index (χ0v) is 14.3. The van der Waals surface area contributed by atoms with Crippen molar-refractivity contribution in [3.63, 3.8) is 0 Å². The van der Waals surface area contributed by atoms with Crippen molar-refractivity contribution < 1.29 is 9.59 Å². The number of unbranched alkanes of at least 4 members (excludes halogenated alkanes) is 7. The van der Waals surface area contributed by atoms with Crippen molar-refractivity contribution in [2.45, 2.75) is 78.1 Å². The van der Waals surface area contributed by atoms with Gasteiger partial charge in [-0.1, -0.05) is 58.8 Å². The van der Waals surface area contributed by atoms with Gasteiger partial charge in [0, 0.05) is 12.3 Å². The largest absolute Gasteiger partial charge is 0.281 e. The highest BCUT2D eigenvalue weighted by Gasteiger charge is 2.17. The first-order valence-electron chi connectivity index (χ1n) is 7.82. The van der Waals surface area contributed by atoms with E-state index < -0.39 is 0 Å². The molecular formula is C16H28Cl2O2. The predicted molar refractivity (Wildman–Crippen MR) is 86.2 cm³/mol. The van der Waals surface area contributed by atoms with Crippen LogP contribution in [0.1, 0.15) is 78.1 Å². The highest BCUT2D eigenvalue weighted by molar-refractivity contribution is 6.64. The van der Waals surface area contributed by atoms with Crippen LogP contribution in [0.25, 0.3) is 0 Å². The molecule has 2 nitrogen and oxygen atoms in total. The molecule has 0 aliphatic carbocycles. The molecule has 0 aliphatic rings. The third-order valence-electron chi connectivity index (χ3n) is 3.99. The third-order valence-corrected chi connectivity index (χ3v) is 4.53. The zero-order valence-electron chi connectivity index (χ0n) is 12.8. The van der Waals surface area contributed by atoms with Crippen molar-refractivity contribution in [2.24, 2.45) is 11.8 Å². The van der Waals surface area contributed by atoms with Crippen LogP contribution in [0, 0.1) is 11.8 Å². The van der Waals surface area contributed by atoms with Crippen LogP contribution < -0.4 is 0 Å². The van der Waals surface area contributed by atoms with Crippen LogP contribution >= 0.6 is 23.2 Å². The average molecular weight is 323 g/mol. The summed E-state index contributed by atoms with van der Waals surface area (Å²) in [6.07, 6.45) is 11.0. The molecule has 4 heteroatoms. The predicted octanol–water partition coefficient (Wildman–Crippen LogP) is 5.69. The number of hydrogen-bond donors (Lipinski definition) is 0. The van der Waals surface area contributed by atoms with Gasteiger partial charge in [0.2, 0.25) is 10.5 Å². The summed E-state index contributed by atoms with van der Waals surface area (Å²) in [4.78, 5) is 21.6. The molecule has 20 heavy (non-hydrogen) atoms. The van der Waals surface area contributed by atoms with Crippen LogP contribution in [0.2, 0.25) is 0 Å². The Morgan fingerprint density at radius 1 is 0.800 bits per heavy atom. The van der Waals surface area contributed by atoms with Crippen molar-refractivity contribution in [1.82, 2.24) is 0 Å². The molecule has 118 valence electrons. The fourth-order valence-electron chi connectivity index (χ4n) is 2.26. The number of rotatable bonds is 13. The zero-order chi connectivity index (χ0) is 15.4. The summed E-state index contributed by atoms with van der Waals surface area (Å²) in [6.45, 7) is 4.01. The summed E-state index contributed by atoms with van der Waals surface area (Å²) < 4.78 is 0. The maximum Gasteiger partial charge on any atom is 0.224 e. The fourth-order valence-corrected chi connectivity index (χ4v) is 2.61. The minimum absolute atomic E-state index is 0.0266. The van der Waals surface area contributed by atoms with Crippen molar-refractivity contribution in [3.05, 3.63) is 0 Å². The highest BCUT2D eigenvalue weighted by atomic mass is 35.5. The maximum atomic E-state index is 11.0. The Bertz CT molecular complexity index is 280. The Balaban J connectivity index is 3.28. The quantitative estimate of drug-likeness (QED) is 0.322. The van der Waals surface area contributed by atoms with Crippen molar-refractivity contribution in [2.75, 3.05) is 0 Å². The van der Waals surface area contributed by atoms with Gasteiger partial charge in [0.25, 0.3) is 0 Å². The van der Waals surface area contributed by atoms with Gasteiger partial charge in [0.1, 0.15) is 0 Å². The van der Waals surface area contributed by atoms with E-state index in [1.54, 1.807) is 0 Å². The second-order valence-electron chi connectivity index (χ2n) is 5.79. The lowest BCUT2D eigenvalue weighted by Gasteiger charge is -2.15. The van der Waals surface area contributed by atoms with E-state index in [4.69, 9.17) is 23.2 Å². The van der Waals surface area contributed by atoms with Gasteiger partial charge in [-0.15, -0.1) is 0 Å². The molecule has 2 unspecified atom stereocenters. The van der Waals surface area contributed by atoms with E-state index in [0.717, 1.165) is 19.3 Å². The minimum atomic E-state index is -0.219. The minimum Gasteiger partial charge on any atom is -0.281 e. The van der Waals surface area contributed by atoms with Crippen LogP contribution in [0.5, 0.6) is 0 Å². The molecule has 0 aromatic rings. The number of carbonyl (C=O) groups is 2. The molecule has 0 amide bonds. The average Bonchev–Trinajstić information content (AvgIpc) is 2.39. The Labute approximate surface area is 133 Å². The van der Waals surface area contributed by atoms with E-state index in [1.807, 2.05) is 6.92 Å². The second kappa shape index (κ2) is 12.6. The standard InChI is InChI=1S/C16H28Cl2O2/c1-13(14(2)16(18)20)11-9-7-5-3-4-6-8-10-12-15(17)19/h13-14H,3-12H2,1-2H3. The molecule has 2 atom stereocenters. The molecule has 0 rings (SSSR count). The summed E-state index contributed by atoms with van der Waals surface area (Å²) in [5.41, 5.74) is 0. The first kappa shape index (κ1) is 19.9. The summed E-state index contributed by atoms with van der Waals surface area (Å²) in [6, 6.07) is 0. The topological polar surface area (TPSA) is 34.1 Å². The lowest BCUT2D eigenvalue weighted by Crippen LogP contribution is -2.14. The van der Waals surface area contributed by atoms with Crippen LogP contribution in [-0.2, 0) is 9.59 Å². The second-order valence-corrected chi connectivity index (χ2v) is 6.59. The summed E-state index contributed by atoms with van der Waals surface area (Å²) in [7, 11) is 0. The molecule has 0 saturated carbocycles. The normalized spacial score (nSPS) is 14.0. The molecule has 0 N–H and O–H groups in total. The van der Waals surface area contributed by atoms with Gasteiger partial charge in [-0.25, -0.2) is 0 Å². The van der Waals surface area contributed by atoms with Gasteiger partial charge in [0.05, 0.1) is 0 Å². The molecule has 0 bridgehead atoms. The number of carbonyl (C=O) groups excluding carboxylic acids is 2. The monoisotopic (exact) mass is 322 g/mol. The molecule has 0 spiro atoms. The van der Waals surface area contributed by atoms with Crippen molar-refractivity contribution in [1.29, 1.82) is 0 Å². The van der Waals surface area contributed by atoms with E-state index in [-0.39, 0.29) is 16.4 Å². The number of halogens is 2. The summed E-state index contributed by atoms with van der Waals surface area (Å²) in [5.74, 6) is 0.356. The van der Waals surface area contributed by atoms with Gasteiger partial charge >= 0.3 is 0 Å². The first-order valence-corrected chi connectivity index (χ1v) is 8.58. The summed E-state index contributed by atoms with van der Waals surface area (Å²) >= 11 is 10.8. The Hall–Kier alpha value is -0.0800. The molecule has 0 aliphatic heterocycles. The summed E-state index contributed by atoms with van der Waals surface area (Å²) in [5, 5.41) is -0.434. The van der Waals surface area contributed by atoms with E-state index in [1.165, 1.54) is 38.5 Å².